The highest BCUT2D eigenvalue weighted by Crippen LogP contribution is 2.50. The molecule has 0 aromatic rings. The van der Waals surface area contributed by atoms with Crippen molar-refractivity contribution in [2.24, 2.45) is 17.8 Å². The summed E-state index contributed by atoms with van der Waals surface area (Å²) in [5, 5.41) is 3.28. The van der Waals surface area contributed by atoms with Crippen LogP contribution in [0, 0.1) is 17.8 Å². The Bertz CT molecular complexity index is 252. The fourth-order valence-corrected chi connectivity index (χ4v) is 3.84. The average Bonchev–Trinajstić information content (AvgIpc) is 2.84. The number of rotatable bonds is 5. The van der Waals surface area contributed by atoms with Crippen LogP contribution in [-0.2, 0) is 0 Å². The first-order chi connectivity index (χ1) is 7.99. The summed E-state index contributed by atoms with van der Waals surface area (Å²) in [6, 6.07) is 0.0805. The summed E-state index contributed by atoms with van der Waals surface area (Å²) in [4.78, 5) is 0. The lowest BCUT2D eigenvalue weighted by Gasteiger charge is -2.31. The van der Waals surface area contributed by atoms with E-state index in [1.54, 1.807) is 0 Å². The number of fused-ring (bicyclic) bond motifs is 2. The summed E-state index contributed by atoms with van der Waals surface area (Å²) in [6.45, 7) is 2.75. The highest BCUT2D eigenvalue weighted by Gasteiger charge is 2.43. The molecule has 0 aromatic heterocycles. The van der Waals surface area contributed by atoms with E-state index in [-0.39, 0.29) is 12.5 Å². The molecule has 100 valence electrons. The molecule has 4 heteroatoms. The Morgan fingerprint density at radius 2 is 2.00 bits per heavy atom. The lowest BCUT2D eigenvalue weighted by atomic mass is 9.81. The molecule has 2 aliphatic carbocycles. The molecule has 0 amide bonds. The fourth-order valence-electron chi connectivity index (χ4n) is 3.84. The molecule has 0 aliphatic heterocycles. The van der Waals surface area contributed by atoms with Gasteiger partial charge in [-0.2, -0.15) is 13.2 Å². The number of nitrogens with one attached hydrogen (secondary N) is 1. The molecule has 0 saturated heterocycles. The topological polar surface area (TPSA) is 12.0 Å². The van der Waals surface area contributed by atoms with E-state index in [4.69, 9.17) is 0 Å². The number of hydrogen-bond acceptors (Lipinski definition) is 1. The smallest absolute Gasteiger partial charge is 0.314 e. The summed E-state index contributed by atoms with van der Waals surface area (Å²) in [6.07, 6.45) is 0.566. The van der Waals surface area contributed by atoms with Crippen molar-refractivity contribution in [3.05, 3.63) is 0 Å². The van der Waals surface area contributed by atoms with Crippen molar-refractivity contribution in [3.63, 3.8) is 0 Å². The molecule has 1 nitrogen and oxygen atoms in total. The van der Waals surface area contributed by atoms with Crippen LogP contribution in [0.15, 0.2) is 0 Å². The largest absolute Gasteiger partial charge is 0.389 e. The lowest BCUT2D eigenvalue weighted by Crippen LogP contribution is -2.39. The highest BCUT2D eigenvalue weighted by atomic mass is 19.4. The maximum absolute atomic E-state index is 12.3. The molecule has 4 unspecified atom stereocenters. The van der Waals surface area contributed by atoms with E-state index in [1.807, 2.05) is 6.92 Å². The van der Waals surface area contributed by atoms with E-state index in [0.29, 0.717) is 11.8 Å². The second-order valence-corrected chi connectivity index (χ2v) is 5.66. The van der Waals surface area contributed by atoms with Crippen molar-refractivity contribution in [2.75, 3.05) is 6.54 Å². The van der Waals surface area contributed by atoms with Gasteiger partial charge in [0.15, 0.2) is 0 Å². The van der Waals surface area contributed by atoms with E-state index in [0.717, 1.165) is 18.9 Å². The van der Waals surface area contributed by atoms with Crippen LogP contribution in [0.2, 0.25) is 0 Å². The molecule has 2 saturated carbocycles. The predicted octanol–water partition coefficient (Wildman–Crippen LogP) is 3.74. The molecule has 0 aromatic carbocycles. The Morgan fingerprint density at radius 1 is 1.24 bits per heavy atom. The van der Waals surface area contributed by atoms with Crippen LogP contribution in [0.1, 0.15) is 45.4 Å². The molecule has 2 aliphatic rings. The zero-order chi connectivity index (χ0) is 12.5. The van der Waals surface area contributed by atoms with E-state index >= 15 is 0 Å². The fraction of sp³-hybridized carbons (Fsp3) is 1.00. The van der Waals surface area contributed by atoms with Crippen molar-refractivity contribution in [3.8, 4) is 0 Å². The second-order valence-electron chi connectivity index (χ2n) is 5.66. The van der Waals surface area contributed by atoms with Crippen LogP contribution in [0.3, 0.4) is 0 Å². The van der Waals surface area contributed by atoms with Gasteiger partial charge in [-0.1, -0.05) is 13.3 Å². The molecule has 0 heterocycles. The van der Waals surface area contributed by atoms with Gasteiger partial charge in [-0.05, 0) is 50.0 Å². The van der Waals surface area contributed by atoms with Crippen LogP contribution in [0.5, 0.6) is 0 Å². The van der Waals surface area contributed by atoms with Crippen LogP contribution < -0.4 is 5.32 Å². The van der Waals surface area contributed by atoms with Crippen molar-refractivity contribution in [1.82, 2.24) is 5.32 Å². The van der Waals surface area contributed by atoms with Gasteiger partial charge in [-0.15, -0.1) is 0 Å². The van der Waals surface area contributed by atoms with Gasteiger partial charge >= 0.3 is 6.18 Å². The van der Waals surface area contributed by atoms with Crippen LogP contribution in [-0.4, -0.2) is 18.8 Å². The first kappa shape index (κ1) is 13.2. The van der Waals surface area contributed by atoms with Crippen molar-refractivity contribution in [2.45, 2.75) is 57.7 Å². The van der Waals surface area contributed by atoms with E-state index in [9.17, 15) is 13.2 Å². The maximum Gasteiger partial charge on any atom is 0.389 e. The minimum atomic E-state index is -4.01. The first-order valence-corrected chi connectivity index (χ1v) is 6.79. The summed E-state index contributed by atoms with van der Waals surface area (Å²) < 4.78 is 36.9. The van der Waals surface area contributed by atoms with Gasteiger partial charge in [-0.3, -0.25) is 0 Å². The van der Waals surface area contributed by atoms with Crippen molar-refractivity contribution in [1.29, 1.82) is 0 Å². The Hall–Kier alpha value is -0.250. The normalized spacial score (nSPS) is 34.2. The number of hydrogen-bond donors (Lipinski definition) is 1. The van der Waals surface area contributed by atoms with Gasteiger partial charge in [0.25, 0.3) is 0 Å². The molecular weight excluding hydrogens is 227 g/mol. The quantitative estimate of drug-likeness (QED) is 0.782. The van der Waals surface area contributed by atoms with Gasteiger partial charge in [0.05, 0.1) is 0 Å². The molecule has 2 rings (SSSR count). The SMILES string of the molecule is CCNC(CCC(F)(F)F)C1CC2CCC1C2. The number of halogens is 3. The maximum atomic E-state index is 12.3. The zero-order valence-electron chi connectivity index (χ0n) is 10.4. The van der Waals surface area contributed by atoms with Crippen molar-refractivity contribution < 1.29 is 13.2 Å². The van der Waals surface area contributed by atoms with Crippen molar-refractivity contribution >= 4 is 0 Å². The summed E-state index contributed by atoms with van der Waals surface area (Å²) >= 11 is 0. The van der Waals surface area contributed by atoms with Gasteiger partial charge < -0.3 is 5.32 Å². The predicted molar refractivity (Wildman–Crippen MR) is 61.7 cm³/mol. The summed E-state index contributed by atoms with van der Waals surface area (Å²) in [5.74, 6) is 1.99. The van der Waals surface area contributed by atoms with E-state index < -0.39 is 12.6 Å². The Balaban J connectivity index is 1.88. The van der Waals surface area contributed by atoms with Gasteiger partial charge in [0, 0.05) is 12.5 Å². The molecule has 2 bridgehead atoms. The average molecular weight is 249 g/mol. The van der Waals surface area contributed by atoms with Gasteiger partial charge in [0.2, 0.25) is 0 Å². The Labute approximate surface area is 101 Å². The molecule has 1 N–H and O–H groups in total. The molecular formula is C13H22F3N. The summed E-state index contributed by atoms with van der Waals surface area (Å²) in [7, 11) is 0. The molecule has 0 spiro atoms. The third kappa shape index (κ3) is 3.36. The molecule has 2 fully saturated rings. The van der Waals surface area contributed by atoms with Gasteiger partial charge in [-0.25, -0.2) is 0 Å². The van der Waals surface area contributed by atoms with Crippen LogP contribution in [0.25, 0.3) is 0 Å². The van der Waals surface area contributed by atoms with Gasteiger partial charge in [0.1, 0.15) is 0 Å². The zero-order valence-corrected chi connectivity index (χ0v) is 10.4. The molecule has 17 heavy (non-hydrogen) atoms. The Morgan fingerprint density at radius 3 is 2.47 bits per heavy atom. The first-order valence-electron chi connectivity index (χ1n) is 6.79. The van der Waals surface area contributed by atoms with E-state index in [2.05, 4.69) is 5.32 Å². The minimum Gasteiger partial charge on any atom is -0.314 e. The standard InChI is InChI=1S/C13H22F3N/c1-2-17-12(5-6-13(14,15)16)11-8-9-3-4-10(11)7-9/h9-12,17H,2-8H2,1H3. The third-order valence-corrected chi connectivity index (χ3v) is 4.51. The lowest BCUT2D eigenvalue weighted by molar-refractivity contribution is -0.137. The monoisotopic (exact) mass is 249 g/mol. The molecule has 4 atom stereocenters. The summed E-state index contributed by atoms with van der Waals surface area (Å²) in [5.41, 5.74) is 0. The second kappa shape index (κ2) is 5.17. The minimum absolute atomic E-state index is 0.0805. The molecule has 0 radical (unpaired) electrons. The van der Waals surface area contributed by atoms with Crippen LogP contribution >= 0.6 is 0 Å². The van der Waals surface area contributed by atoms with Crippen LogP contribution in [0.4, 0.5) is 13.2 Å². The highest BCUT2D eigenvalue weighted by molar-refractivity contribution is 4.95. The van der Waals surface area contributed by atoms with E-state index in [1.165, 1.54) is 19.3 Å². The Kier molecular flexibility index (Phi) is 4.01. The third-order valence-electron chi connectivity index (χ3n) is 4.51. The number of alkyl halides is 3.